The lowest BCUT2D eigenvalue weighted by Gasteiger charge is -2.19. The largest absolute Gasteiger partial charge is 0.496 e. The molecule has 0 amide bonds. The van der Waals surface area contributed by atoms with Gasteiger partial charge in [0, 0.05) is 5.56 Å². The Morgan fingerprint density at radius 2 is 1.56 bits per heavy atom. The molecule has 0 aliphatic rings. The van der Waals surface area contributed by atoms with Crippen LogP contribution in [-0.4, -0.2) is 41.0 Å². The molecule has 0 spiro atoms. The van der Waals surface area contributed by atoms with Gasteiger partial charge in [-0.25, -0.2) is 0 Å². The van der Waals surface area contributed by atoms with Gasteiger partial charge in [-0.15, -0.1) is 0 Å². The van der Waals surface area contributed by atoms with Crippen LogP contribution < -0.4 is 18.9 Å². The van der Waals surface area contributed by atoms with Crippen molar-refractivity contribution in [2.24, 2.45) is 0 Å². The van der Waals surface area contributed by atoms with Gasteiger partial charge in [0.2, 0.25) is 0 Å². The number of fused-ring (bicyclic) bond motifs is 1. The van der Waals surface area contributed by atoms with Gasteiger partial charge in [-0.05, 0) is 35.0 Å². The molecule has 0 saturated heterocycles. The minimum absolute atomic E-state index is 0.165. The van der Waals surface area contributed by atoms with Gasteiger partial charge in [0.1, 0.15) is 23.0 Å². The fraction of sp³-hybridized carbons (Fsp3) is 0.350. The van der Waals surface area contributed by atoms with Crippen LogP contribution in [-0.2, 0) is 9.53 Å². The van der Waals surface area contributed by atoms with E-state index < -0.39 is 0 Å². The van der Waals surface area contributed by atoms with Crippen LogP contribution in [0.25, 0.3) is 16.8 Å². The Morgan fingerprint density at radius 1 is 0.963 bits per heavy atom. The Morgan fingerprint density at radius 3 is 2.11 bits per heavy atom. The van der Waals surface area contributed by atoms with Gasteiger partial charge < -0.3 is 23.7 Å². The summed E-state index contributed by atoms with van der Waals surface area (Å²) in [5, 5.41) is 1.45. The number of methoxy groups -OCH3 is 4. The third-order valence-corrected chi connectivity index (χ3v) is 4.54. The predicted octanol–water partition coefficient (Wildman–Crippen LogP) is 4.60. The van der Waals surface area contributed by atoms with Gasteiger partial charge in [0.15, 0.2) is 0 Å². The van der Waals surface area contributed by atoms with Crippen LogP contribution in [0.5, 0.6) is 23.0 Å². The summed E-state index contributed by atoms with van der Waals surface area (Å²) >= 11 is 3.50. The molecule has 0 unspecified atom stereocenters. The summed E-state index contributed by atoms with van der Waals surface area (Å²) in [4.78, 5) is 11.6. The molecule has 7 heteroatoms. The van der Waals surface area contributed by atoms with E-state index in [1.165, 1.54) is 0 Å². The number of esters is 1. The summed E-state index contributed by atoms with van der Waals surface area (Å²) in [5.74, 6) is 2.12. The topological polar surface area (TPSA) is 63.2 Å². The molecule has 0 fully saturated rings. The number of benzene rings is 2. The van der Waals surface area contributed by atoms with E-state index in [1.54, 1.807) is 47.5 Å². The highest BCUT2D eigenvalue weighted by Gasteiger charge is 2.22. The standard InChI is InChI=1S/C20H23BrO6/c1-6-27-16(22)9-7-8-12-10-14(23-2)18-17(19(12)25-4)15(24-3)11-13(21)20(18)26-5/h7-8,10-11H,6,9H2,1-5H3/b8-7+. The van der Waals surface area contributed by atoms with Crippen molar-refractivity contribution in [1.29, 1.82) is 0 Å². The molecule has 2 rings (SSSR count). The number of carbonyl (C=O) groups is 1. The summed E-state index contributed by atoms with van der Waals surface area (Å²) in [7, 11) is 6.34. The molecule has 0 aromatic heterocycles. The van der Waals surface area contributed by atoms with Crippen molar-refractivity contribution >= 4 is 38.7 Å². The molecule has 6 nitrogen and oxygen atoms in total. The van der Waals surface area contributed by atoms with E-state index in [0.29, 0.717) is 29.6 Å². The SMILES string of the molecule is CCOC(=O)C/C=C/c1cc(OC)c2c(OC)c(Br)cc(OC)c2c1OC. The van der Waals surface area contributed by atoms with E-state index in [0.717, 1.165) is 20.8 Å². The van der Waals surface area contributed by atoms with Gasteiger partial charge in [-0.3, -0.25) is 4.79 Å². The van der Waals surface area contributed by atoms with Crippen LogP contribution >= 0.6 is 15.9 Å². The minimum atomic E-state index is -0.288. The van der Waals surface area contributed by atoms with Crippen LogP contribution in [0.15, 0.2) is 22.7 Å². The first-order valence-corrected chi connectivity index (χ1v) is 9.12. The van der Waals surface area contributed by atoms with E-state index in [1.807, 2.05) is 12.1 Å². The molecule has 2 aromatic rings. The second-order valence-corrected chi connectivity index (χ2v) is 6.31. The van der Waals surface area contributed by atoms with Gasteiger partial charge in [-0.1, -0.05) is 12.2 Å². The number of hydrogen-bond donors (Lipinski definition) is 0. The second-order valence-electron chi connectivity index (χ2n) is 5.46. The maximum Gasteiger partial charge on any atom is 0.309 e. The monoisotopic (exact) mass is 438 g/mol. The summed E-state index contributed by atoms with van der Waals surface area (Å²) in [6.45, 7) is 2.13. The Balaban J connectivity index is 2.72. The third-order valence-electron chi connectivity index (χ3n) is 3.96. The molecule has 0 heterocycles. The highest BCUT2D eigenvalue weighted by Crippen LogP contribution is 2.49. The lowest BCUT2D eigenvalue weighted by Crippen LogP contribution is -2.01. The van der Waals surface area contributed by atoms with E-state index in [2.05, 4.69) is 15.9 Å². The lowest BCUT2D eigenvalue weighted by atomic mass is 10.0. The molecule has 0 atom stereocenters. The Bertz CT molecular complexity index is 860. The molecule has 0 saturated carbocycles. The average Bonchev–Trinajstić information content (AvgIpc) is 2.66. The van der Waals surface area contributed by atoms with Crippen LogP contribution in [0.3, 0.4) is 0 Å². The molecule has 0 bridgehead atoms. The smallest absolute Gasteiger partial charge is 0.309 e. The van der Waals surface area contributed by atoms with Crippen LogP contribution in [0.4, 0.5) is 0 Å². The van der Waals surface area contributed by atoms with Crippen molar-refractivity contribution in [2.45, 2.75) is 13.3 Å². The number of ether oxygens (including phenoxy) is 5. The Kier molecular flexibility index (Phi) is 7.36. The third kappa shape index (κ3) is 4.30. The summed E-state index contributed by atoms with van der Waals surface area (Å²) in [6.07, 6.45) is 3.69. The minimum Gasteiger partial charge on any atom is -0.496 e. The van der Waals surface area contributed by atoms with E-state index in [4.69, 9.17) is 23.7 Å². The maximum atomic E-state index is 11.6. The van der Waals surface area contributed by atoms with Crippen LogP contribution in [0.2, 0.25) is 0 Å². The summed E-state index contributed by atoms with van der Waals surface area (Å²) in [5.41, 5.74) is 0.744. The molecule has 0 radical (unpaired) electrons. The quantitative estimate of drug-likeness (QED) is 0.561. The Labute approximate surface area is 167 Å². The molecule has 0 N–H and O–H groups in total. The molecule has 0 aliphatic heterocycles. The highest BCUT2D eigenvalue weighted by molar-refractivity contribution is 9.10. The van der Waals surface area contributed by atoms with Gasteiger partial charge in [-0.2, -0.15) is 0 Å². The van der Waals surface area contributed by atoms with Crippen molar-refractivity contribution in [2.75, 3.05) is 35.0 Å². The van der Waals surface area contributed by atoms with Crippen molar-refractivity contribution in [1.82, 2.24) is 0 Å². The number of carbonyl (C=O) groups excluding carboxylic acids is 1. The van der Waals surface area contributed by atoms with Crippen molar-refractivity contribution < 1.29 is 28.5 Å². The predicted molar refractivity (Wildman–Crippen MR) is 108 cm³/mol. The zero-order valence-electron chi connectivity index (χ0n) is 16.1. The average molecular weight is 439 g/mol. The van der Waals surface area contributed by atoms with E-state index >= 15 is 0 Å². The van der Waals surface area contributed by atoms with Crippen molar-refractivity contribution in [3.05, 3.63) is 28.2 Å². The van der Waals surface area contributed by atoms with Crippen molar-refractivity contribution in [3.63, 3.8) is 0 Å². The van der Waals surface area contributed by atoms with Gasteiger partial charge >= 0.3 is 5.97 Å². The van der Waals surface area contributed by atoms with Crippen molar-refractivity contribution in [3.8, 4) is 23.0 Å². The number of hydrogen-bond acceptors (Lipinski definition) is 6. The highest BCUT2D eigenvalue weighted by atomic mass is 79.9. The maximum absolute atomic E-state index is 11.6. The second kappa shape index (κ2) is 9.50. The first kappa shape index (κ1) is 20.9. The molecule has 27 heavy (non-hydrogen) atoms. The van der Waals surface area contributed by atoms with E-state index in [-0.39, 0.29) is 12.4 Å². The molecular weight excluding hydrogens is 416 g/mol. The molecular formula is C20H23BrO6. The number of rotatable bonds is 8. The zero-order chi connectivity index (χ0) is 20.0. The van der Waals surface area contributed by atoms with Crippen LogP contribution in [0, 0.1) is 0 Å². The first-order valence-electron chi connectivity index (χ1n) is 8.33. The first-order chi connectivity index (χ1) is 13.0. The molecule has 146 valence electrons. The zero-order valence-corrected chi connectivity index (χ0v) is 17.6. The molecule has 2 aromatic carbocycles. The lowest BCUT2D eigenvalue weighted by molar-refractivity contribution is -0.142. The molecule has 0 aliphatic carbocycles. The van der Waals surface area contributed by atoms with Gasteiger partial charge in [0.05, 0.1) is 56.7 Å². The fourth-order valence-corrected chi connectivity index (χ4v) is 3.43. The summed E-state index contributed by atoms with van der Waals surface area (Å²) in [6, 6.07) is 3.65. The fourth-order valence-electron chi connectivity index (χ4n) is 2.86. The number of halogens is 1. The van der Waals surface area contributed by atoms with E-state index in [9.17, 15) is 4.79 Å². The van der Waals surface area contributed by atoms with Crippen LogP contribution in [0.1, 0.15) is 18.9 Å². The Hall–Kier alpha value is -2.41. The van der Waals surface area contributed by atoms with Gasteiger partial charge in [0.25, 0.3) is 0 Å². The normalized spacial score (nSPS) is 10.9. The summed E-state index contributed by atoms with van der Waals surface area (Å²) < 4.78 is 28.1.